The van der Waals surface area contributed by atoms with Crippen LogP contribution in [-0.2, 0) is 11.3 Å². The first kappa shape index (κ1) is 21.8. The first-order chi connectivity index (χ1) is 11.6. The van der Waals surface area contributed by atoms with Crippen LogP contribution in [0.25, 0.3) is 0 Å². The molecule has 1 aromatic rings. The van der Waals surface area contributed by atoms with Crippen molar-refractivity contribution in [3.63, 3.8) is 0 Å². The van der Waals surface area contributed by atoms with E-state index in [1.807, 2.05) is 19.2 Å². The molecular formula is C18H31IN4O2. The highest BCUT2D eigenvalue weighted by Gasteiger charge is 2.20. The fourth-order valence-corrected chi connectivity index (χ4v) is 3.19. The maximum atomic E-state index is 11.9. The monoisotopic (exact) mass is 462 g/mol. The van der Waals surface area contributed by atoms with E-state index in [-0.39, 0.29) is 36.4 Å². The van der Waals surface area contributed by atoms with Crippen molar-refractivity contribution < 1.29 is 9.21 Å². The highest BCUT2D eigenvalue weighted by molar-refractivity contribution is 14.0. The van der Waals surface area contributed by atoms with E-state index < -0.39 is 0 Å². The summed E-state index contributed by atoms with van der Waals surface area (Å²) in [6.45, 7) is 3.93. The van der Waals surface area contributed by atoms with E-state index in [9.17, 15) is 4.79 Å². The molecule has 1 saturated carbocycles. The fraction of sp³-hybridized carbons (Fsp3) is 0.667. The standard InChI is InChI=1S/C18H30N4O2.HI/c1-14-6-8-15(9-7-14)13-22(3)18(19-2)21-12-17(23)20-11-16-5-4-10-24-16;/h4-5,10,14-15H,6-9,11-13H2,1-3H3,(H,19,21)(H,20,23);1H. The number of nitrogens with zero attached hydrogens (tertiary/aromatic N) is 2. The molecule has 0 aromatic carbocycles. The Morgan fingerprint density at radius 3 is 2.64 bits per heavy atom. The maximum absolute atomic E-state index is 11.9. The summed E-state index contributed by atoms with van der Waals surface area (Å²) < 4.78 is 5.19. The van der Waals surface area contributed by atoms with Crippen LogP contribution in [0.4, 0.5) is 0 Å². The normalized spacial score (nSPS) is 20.5. The van der Waals surface area contributed by atoms with Crippen molar-refractivity contribution in [2.75, 3.05) is 27.2 Å². The SMILES string of the molecule is CN=C(NCC(=O)NCc1ccco1)N(C)CC1CCC(C)CC1.I. The number of aliphatic imine (C=N–C) groups is 1. The average molecular weight is 462 g/mol. The fourth-order valence-electron chi connectivity index (χ4n) is 3.19. The zero-order valence-electron chi connectivity index (χ0n) is 15.5. The van der Waals surface area contributed by atoms with Gasteiger partial charge in [-0.3, -0.25) is 9.79 Å². The molecule has 1 aromatic heterocycles. The minimum Gasteiger partial charge on any atom is -0.467 e. The summed E-state index contributed by atoms with van der Waals surface area (Å²) in [5, 5.41) is 5.95. The number of carbonyl (C=O) groups excluding carboxylic acids is 1. The zero-order valence-corrected chi connectivity index (χ0v) is 17.8. The lowest BCUT2D eigenvalue weighted by Crippen LogP contribution is -2.45. The number of hydrogen-bond donors (Lipinski definition) is 2. The number of rotatable bonds is 6. The topological polar surface area (TPSA) is 69.9 Å². The van der Waals surface area contributed by atoms with Crippen molar-refractivity contribution in [3.8, 4) is 0 Å². The number of furan rings is 1. The minimum atomic E-state index is -0.0764. The van der Waals surface area contributed by atoms with Crippen LogP contribution in [0.3, 0.4) is 0 Å². The lowest BCUT2D eigenvalue weighted by Gasteiger charge is -2.31. The molecule has 0 atom stereocenters. The Bertz CT molecular complexity index is 525. The summed E-state index contributed by atoms with van der Waals surface area (Å²) in [6.07, 6.45) is 6.81. The number of carbonyl (C=O) groups is 1. The van der Waals surface area contributed by atoms with E-state index in [2.05, 4.69) is 27.4 Å². The van der Waals surface area contributed by atoms with Gasteiger partial charge in [-0.1, -0.05) is 19.8 Å². The Morgan fingerprint density at radius 2 is 2.04 bits per heavy atom. The first-order valence-electron chi connectivity index (χ1n) is 8.79. The number of hydrogen-bond acceptors (Lipinski definition) is 3. The highest BCUT2D eigenvalue weighted by Crippen LogP contribution is 2.28. The summed E-state index contributed by atoms with van der Waals surface area (Å²) in [5.41, 5.74) is 0. The van der Waals surface area contributed by atoms with E-state index in [0.717, 1.165) is 30.1 Å². The molecule has 0 radical (unpaired) electrons. The van der Waals surface area contributed by atoms with Crippen molar-refractivity contribution in [3.05, 3.63) is 24.2 Å². The molecule has 1 fully saturated rings. The summed E-state index contributed by atoms with van der Waals surface area (Å²) >= 11 is 0. The van der Waals surface area contributed by atoms with Crippen molar-refractivity contribution in [2.24, 2.45) is 16.8 Å². The highest BCUT2D eigenvalue weighted by atomic mass is 127. The van der Waals surface area contributed by atoms with Gasteiger partial charge in [0.25, 0.3) is 0 Å². The largest absolute Gasteiger partial charge is 0.467 e. The van der Waals surface area contributed by atoms with E-state index in [4.69, 9.17) is 4.42 Å². The molecule has 1 aliphatic rings. The lowest BCUT2D eigenvalue weighted by molar-refractivity contribution is -0.120. The number of nitrogens with one attached hydrogen (secondary N) is 2. The van der Waals surface area contributed by atoms with Gasteiger partial charge in [0.05, 0.1) is 19.4 Å². The van der Waals surface area contributed by atoms with Gasteiger partial charge in [0.15, 0.2) is 5.96 Å². The van der Waals surface area contributed by atoms with E-state index in [1.165, 1.54) is 25.7 Å². The molecule has 1 heterocycles. The van der Waals surface area contributed by atoms with Crippen LogP contribution in [0, 0.1) is 11.8 Å². The molecule has 7 heteroatoms. The smallest absolute Gasteiger partial charge is 0.239 e. The third-order valence-corrected chi connectivity index (χ3v) is 4.69. The van der Waals surface area contributed by atoms with Gasteiger partial charge >= 0.3 is 0 Å². The number of halogens is 1. The van der Waals surface area contributed by atoms with Gasteiger partial charge in [0.2, 0.25) is 5.91 Å². The second kappa shape index (κ2) is 11.4. The molecule has 2 rings (SSSR count). The molecule has 0 unspecified atom stereocenters. The average Bonchev–Trinajstić information content (AvgIpc) is 3.09. The summed E-state index contributed by atoms with van der Waals surface area (Å²) in [5.74, 6) is 3.02. The molecule has 1 amide bonds. The van der Waals surface area contributed by atoms with Gasteiger partial charge in [-0.2, -0.15) is 0 Å². The van der Waals surface area contributed by atoms with Crippen LogP contribution >= 0.6 is 24.0 Å². The minimum absolute atomic E-state index is 0. The predicted molar refractivity (Wildman–Crippen MR) is 111 cm³/mol. The Balaban J connectivity index is 0.00000312. The third kappa shape index (κ3) is 7.66. The van der Waals surface area contributed by atoms with Gasteiger partial charge in [-0.25, -0.2) is 0 Å². The molecule has 25 heavy (non-hydrogen) atoms. The molecule has 0 saturated heterocycles. The van der Waals surface area contributed by atoms with Gasteiger partial charge in [-0.15, -0.1) is 24.0 Å². The van der Waals surface area contributed by atoms with Crippen molar-refractivity contribution >= 4 is 35.8 Å². The van der Waals surface area contributed by atoms with E-state index in [1.54, 1.807) is 13.3 Å². The van der Waals surface area contributed by atoms with E-state index >= 15 is 0 Å². The van der Waals surface area contributed by atoms with Gasteiger partial charge in [-0.05, 0) is 36.8 Å². The Morgan fingerprint density at radius 1 is 1.32 bits per heavy atom. The molecule has 142 valence electrons. The number of amides is 1. The van der Waals surface area contributed by atoms with Crippen LogP contribution in [0.5, 0.6) is 0 Å². The molecule has 0 spiro atoms. The van der Waals surface area contributed by atoms with Crippen molar-refractivity contribution in [1.29, 1.82) is 0 Å². The maximum Gasteiger partial charge on any atom is 0.239 e. The predicted octanol–water partition coefficient (Wildman–Crippen LogP) is 2.85. The Kier molecular flexibility index (Phi) is 9.92. The molecule has 6 nitrogen and oxygen atoms in total. The summed E-state index contributed by atoms with van der Waals surface area (Å²) in [4.78, 5) is 18.3. The summed E-state index contributed by atoms with van der Waals surface area (Å²) in [7, 11) is 3.79. The van der Waals surface area contributed by atoms with Crippen LogP contribution in [0.2, 0.25) is 0 Å². The molecule has 2 N–H and O–H groups in total. The first-order valence-corrected chi connectivity index (χ1v) is 8.79. The second-order valence-electron chi connectivity index (χ2n) is 6.76. The van der Waals surface area contributed by atoms with Crippen LogP contribution in [-0.4, -0.2) is 44.0 Å². The quantitative estimate of drug-likeness (QED) is 0.388. The van der Waals surface area contributed by atoms with Gasteiger partial charge in [0.1, 0.15) is 5.76 Å². The van der Waals surface area contributed by atoms with Crippen LogP contribution < -0.4 is 10.6 Å². The van der Waals surface area contributed by atoms with Gasteiger partial charge < -0.3 is 20.0 Å². The molecular weight excluding hydrogens is 431 g/mol. The van der Waals surface area contributed by atoms with Crippen molar-refractivity contribution in [2.45, 2.75) is 39.2 Å². The Hall–Kier alpha value is -1.25. The molecule has 0 aliphatic heterocycles. The van der Waals surface area contributed by atoms with Gasteiger partial charge in [0, 0.05) is 20.6 Å². The lowest BCUT2D eigenvalue weighted by atomic mass is 9.83. The third-order valence-electron chi connectivity index (χ3n) is 4.69. The number of guanidine groups is 1. The van der Waals surface area contributed by atoms with Crippen LogP contribution in [0.1, 0.15) is 38.4 Å². The van der Waals surface area contributed by atoms with Crippen molar-refractivity contribution in [1.82, 2.24) is 15.5 Å². The molecule has 1 aliphatic carbocycles. The van der Waals surface area contributed by atoms with Crippen LogP contribution in [0.15, 0.2) is 27.8 Å². The summed E-state index contributed by atoms with van der Waals surface area (Å²) in [6, 6.07) is 3.65. The second-order valence-corrected chi connectivity index (χ2v) is 6.76. The Labute approximate surface area is 167 Å². The zero-order chi connectivity index (χ0) is 17.4. The molecule has 0 bridgehead atoms. The van der Waals surface area contributed by atoms with E-state index in [0.29, 0.717) is 6.54 Å².